The molecule has 1 aliphatic heterocycles. The second kappa shape index (κ2) is 11.7. The molecule has 0 radical (unpaired) electrons. The van der Waals surface area contributed by atoms with Gasteiger partial charge in [-0.1, -0.05) is 38.8 Å². The molecule has 1 unspecified atom stereocenters. The summed E-state index contributed by atoms with van der Waals surface area (Å²) in [5.74, 6) is -2.74. The molecule has 0 aliphatic carbocycles. The molecule has 13 nitrogen and oxygen atoms in total. The molecule has 32 heavy (non-hydrogen) atoms. The van der Waals surface area contributed by atoms with E-state index in [9.17, 15) is 27.6 Å². The summed E-state index contributed by atoms with van der Waals surface area (Å²) in [6.45, 7) is 0.354. The molecule has 2 N–H and O–H groups in total. The Morgan fingerprint density at radius 2 is 1.91 bits per heavy atom. The highest BCUT2D eigenvalue weighted by Gasteiger charge is 2.48. The Kier molecular flexibility index (Phi) is 9.34. The van der Waals surface area contributed by atoms with Gasteiger partial charge in [0.25, 0.3) is 27.8 Å². The number of rotatable bonds is 11. The van der Waals surface area contributed by atoms with Crippen LogP contribution in [0.3, 0.4) is 0 Å². The van der Waals surface area contributed by atoms with Gasteiger partial charge in [0.2, 0.25) is 0 Å². The van der Waals surface area contributed by atoms with Crippen molar-refractivity contribution >= 4 is 61.1 Å². The van der Waals surface area contributed by atoms with Crippen molar-refractivity contribution in [3.63, 3.8) is 0 Å². The molecule has 172 valence electrons. The zero-order valence-corrected chi connectivity index (χ0v) is 18.7. The molecular formula is C16H17N5O8S3. The molecule has 2 rings (SSSR count). The van der Waals surface area contributed by atoms with Crippen molar-refractivity contribution in [3.05, 3.63) is 40.3 Å². The van der Waals surface area contributed by atoms with Crippen molar-refractivity contribution in [2.45, 2.75) is 18.1 Å². The predicted octanol–water partition coefficient (Wildman–Crippen LogP) is 1.60. The first-order chi connectivity index (χ1) is 15.1. The summed E-state index contributed by atoms with van der Waals surface area (Å²) in [6.07, 6.45) is -0.950. The molecule has 1 saturated heterocycles. The van der Waals surface area contributed by atoms with Crippen LogP contribution in [0, 0.1) is 0 Å². The number of carbonyl (C=O) groups is 4. The summed E-state index contributed by atoms with van der Waals surface area (Å²) >= 11 is 0. The van der Waals surface area contributed by atoms with Gasteiger partial charge in [0.15, 0.2) is 5.25 Å². The number of hydroxylamine groups is 2. The quantitative estimate of drug-likeness (QED) is 0.0851. The van der Waals surface area contributed by atoms with Gasteiger partial charge in [-0.3, -0.25) is 18.9 Å². The summed E-state index contributed by atoms with van der Waals surface area (Å²) in [6, 6.07) is 6.09. The molecule has 1 atom stereocenters. The maximum atomic E-state index is 12.0. The van der Waals surface area contributed by atoms with Crippen molar-refractivity contribution in [2.75, 3.05) is 18.1 Å². The molecule has 0 saturated carbocycles. The van der Waals surface area contributed by atoms with Gasteiger partial charge in [0, 0.05) is 34.2 Å². The Morgan fingerprint density at radius 1 is 1.25 bits per heavy atom. The number of carbonyl (C=O) groups excluding carboxylic acids is 4. The molecule has 16 heteroatoms. The molecule has 3 amide bonds. The van der Waals surface area contributed by atoms with E-state index in [4.69, 9.17) is 10.1 Å². The number of nitrogens with one attached hydrogen (secondary N) is 1. The fourth-order valence-electron chi connectivity index (χ4n) is 2.34. The molecule has 0 aromatic heterocycles. The smallest absolute Gasteiger partial charge is 0.334 e. The van der Waals surface area contributed by atoms with Crippen LogP contribution in [0.25, 0.3) is 10.4 Å². The summed E-state index contributed by atoms with van der Waals surface area (Å²) in [5, 5.41) is 4.21. The van der Waals surface area contributed by atoms with Crippen LogP contribution in [0.5, 0.6) is 0 Å². The van der Waals surface area contributed by atoms with Gasteiger partial charge >= 0.3 is 5.97 Å². The summed E-state index contributed by atoms with van der Waals surface area (Å²) in [7, 11) is -2.11. The lowest BCUT2D eigenvalue weighted by Crippen LogP contribution is -2.36. The second-order valence-corrected chi connectivity index (χ2v) is 10.4. The zero-order chi connectivity index (χ0) is 23.7. The average molecular weight is 504 g/mol. The molecule has 1 aromatic rings. The number of hydrogen-bond acceptors (Lipinski definition) is 10. The Morgan fingerprint density at radius 3 is 2.50 bits per heavy atom. The lowest BCUT2D eigenvalue weighted by Gasteiger charge is -2.13. The van der Waals surface area contributed by atoms with E-state index in [0.29, 0.717) is 23.5 Å². The SMILES string of the molecule is [N-]=[N+]=Nc1ccc(C(=O)NCCSSCCC(=O)ON2C(=O)CC(S(=O)(=O)O)C2=O)cc1. The molecule has 1 aromatic carbocycles. The van der Waals surface area contributed by atoms with Gasteiger partial charge in [-0.2, -0.15) is 8.42 Å². The normalized spacial score (nSPS) is 15.9. The lowest BCUT2D eigenvalue weighted by molar-refractivity contribution is -0.197. The zero-order valence-electron chi connectivity index (χ0n) is 16.2. The summed E-state index contributed by atoms with van der Waals surface area (Å²) < 4.78 is 31.0. The standard InChI is InChI=1S/C16H17N5O8S3/c17-20-19-11-3-1-10(2-4-11)15(24)18-6-8-31-30-7-5-14(23)29-21-13(22)9-12(16(21)25)32(26,27)28/h1-4,12H,5-9H2,(H,18,24)(H,26,27,28). The Labute approximate surface area is 190 Å². The number of imide groups is 1. The van der Waals surface area contributed by atoms with Crippen molar-refractivity contribution < 1.29 is 37.0 Å². The third kappa shape index (κ3) is 7.42. The highest BCUT2D eigenvalue weighted by atomic mass is 33.1. The molecular weight excluding hydrogens is 486 g/mol. The van der Waals surface area contributed by atoms with Gasteiger partial charge < -0.3 is 10.2 Å². The van der Waals surface area contributed by atoms with Crippen molar-refractivity contribution in [3.8, 4) is 0 Å². The van der Waals surface area contributed by atoms with Crippen LogP contribution in [0.4, 0.5) is 5.69 Å². The van der Waals surface area contributed by atoms with Crippen LogP contribution in [0.1, 0.15) is 23.2 Å². The predicted molar refractivity (Wildman–Crippen MR) is 115 cm³/mol. The van der Waals surface area contributed by atoms with Crippen LogP contribution >= 0.6 is 21.6 Å². The average Bonchev–Trinajstić information content (AvgIpc) is 3.02. The van der Waals surface area contributed by atoms with Gasteiger partial charge in [-0.05, 0) is 17.7 Å². The van der Waals surface area contributed by atoms with Crippen molar-refractivity contribution in [1.82, 2.24) is 10.4 Å². The molecule has 1 fully saturated rings. The largest absolute Gasteiger partial charge is 0.351 e. The van der Waals surface area contributed by atoms with E-state index < -0.39 is 39.6 Å². The minimum atomic E-state index is -4.77. The van der Waals surface area contributed by atoms with Crippen molar-refractivity contribution in [1.29, 1.82) is 0 Å². The lowest BCUT2D eigenvalue weighted by atomic mass is 10.2. The topological polar surface area (TPSA) is 196 Å². The first-order valence-electron chi connectivity index (χ1n) is 8.85. The fraction of sp³-hybridized carbons (Fsp3) is 0.375. The van der Waals surface area contributed by atoms with E-state index in [0.717, 1.165) is 0 Å². The van der Waals surface area contributed by atoms with Gasteiger partial charge in [-0.15, -0.1) is 5.06 Å². The number of benzene rings is 1. The van der Waals surface area contributed by atoms with Crippen LogP contribution in [0.15, 0.2) is 29.4 Å². The van der Waals surface area contributed by atoms with E-state index in [1.54, 1.807) is 0 Å². The molecule has 0 spiro atoms. The highest BCUT2D eigenvalue weighted by molar-refractivity contribution is 8.76. The van der Waals surface area contributed by atoms with Crippen molar-refractivity contribution in [2.24, 2.45) is 5.11 Å². The van der Waals surface area contributed by atoms with E-state index in [-0.39, 0.29) is 23.1 Å². The fourth-order valence-corrected chi connectivity index (χ4v) is 4.92. The minimum Gasteiger partial charge on any atom is -0.351 e. The Bertz CT molecular complexity index is 1040. The third-order valence-corrected chi connectivity index (χ3v) is 7.34. The van der Waals surface area contributed by atoms with E-state index >= 15 is 0 Å². The first kappa shape index (κ1) is 25.5. The van der Waals surface area contributed by atoms with Gasteiger partial charge in [0.1, 0.15) is 0 Å². The Balaban J connectivity index is 1.61. The molecule has 1 aliphatic rings. The van der Waals surface area contributed by atoms with Crippen LogP contribution in [-0.4, -0.2) is 65.0 Å². The van der Waals surface area contributed by atoms with Crippen LogP contribution in [-0.2, 0) is 29.3 Å². The minimum absolute atomic E-state index is 0.0628. The number of azide groups is 1. The second-order valence-electron chi connectivity index (χ2n) is 6.08. The number of nitrogens with zero attached hydrogens (tertiary/aromatic N) is 4. The molecule has 1 heterocycles. The van der Waals surface area contributed by atoms with E-state index in [1.165, 1.54) is 45.9 Å². The third-order valence-electron chi connectivity index (χ3n) is 3.85. The van der Waals surface area contributed by atoms with Gasteiger partial charge in [0.05, 0.1) is 12.8 Å². The van der Waals surface area contributed by atoms with E-state index in [2.05, 4.69) is 20.2 Å². The first-order valence-corrected chi connectivity index (χ1v) is 12.8. The number of amides is 3. The van der Waals surface area contributed by atoms with E-state index in [1.807, 2.05) is 0 Å². The maximum absolute atomic E-state index is 12.0. The van der Waals surface area contributed by atoms with Gasteiger partial charge in [-0.25, -0.2) is 4.79 Å². The maximum Gasteiger partial charge on any atom is 0.334 e. The highest BCUT2D eigenvalue weighted by Crippen LogP contribution is 2.23. The van der Waals surface area contributed by atoms with Crippen LogP contribution in [0.2, 0.25) is 0 Å². The summed E-state index contributed by atoms with van der Waals surface area (Å²) in [4.78, 5) is 54.4. The molecule has 0 bridgehead atoms. The monoisotopic (exact) mass is 503 g/mol. The number of hydrogen-bond donors (Lipinski definition) is 2. The summed E-state index contributed by atoms with van der Waals surface area (Å²) in [5.41, 5.74) is 9.15. The Hall–Kier alpha value is -2.78. The van der Waals surface area contributed by atoms with Crippen LogP contribution < -0.4 is 5.32 Å².